The molecule has 0 bridgehead atoms. The second kappa shape index (κ2) is 7.77. The molecule has 1 heterocycles. The summed E-state index contributed by atoms with van der Waals surface area (Å²) in [6.07, 6.45) is 3.88. The van der Waals surface area contributed by atoms with E-state index in [9.17, 15) is 10.2 Å². The number of aliphatic hydroxyl groups excluding tert-OH is 1. The highest BCUT2D eigenvalue weighted by Gasteiger charge is 2.34. The summed E-state index contributed by atoms with van der Waals surface area (Å²) >= 11 is 0. The zero-order valence-electron chi connectivity index (χ0n) is 14.3. The minimum atomic E-state index is -0.413. The summed E-state index contributed by atoms with van der Waals surface area (Å²) in [7, 11) is 0. The average Bonchev–Trinajstić information content (AvgIpc) is 2.62. The molecule has 1 aliphatic heterocycles. The van der Waals surface area contributed by atoms with Crippen molar-refractivity contribution in [2.45, 2.75) is 43.7 Å². The lowest BCUT2D eigenvalue weighted by Crippen LogP contribution is -2.49. The van der Waals surface area contributed by atoms with Gasteiger partial charge in [-0.15, -0.1) is 12.4 Å². The largest absolute Gasteiger partial charge is 0.508 e. The number of hydrogen-bond acceptors (Lipinski definition) is 3. The number of nitrogens with zero attached hydrogens (tertiary/aromatic N) is 1. The van der Waals surface area contributed by atoms with Crippen LogP contribution >= 0.6 is 12.4 Å². The van der Waals surface area contributed by atoms with Crippen LogP contribution in [0.2, 0.25) is 0 Å². The van der Waals surface area contributed by atoms with Crippen molar-refractivity contribution in [2.75, 3.05) is 13.1 Å². The normalized spacial score (nSPS) is 26.5. The van der Waals surface area contributed by atoms with Crippen LogP contribution in [0, 0.1) is 0 Å². The fourth-order valence-corrected chi connectivity index (χ4v) is 4.44. The summed E-state index contributed by atoms with van der Waals surface area (Å²) in [6, 6.07) is 16.7. The Balaban J connectivity index is 0.00000182. The lowest BCUT2D eigenvalue weighted by atomic mass is 9.83. The molecule has 2 aromatic carbocycles. The van der Waals surface area contributed by atoms with E-state index in [0.717, 1.165) is 31.4 Å². The molecule has 25 heavy (non-hydrogen) atoms. The third kappa shape index (κ3) is 3.69. The molecule has 1 fully saturated rings. The van der Waals surface area contributed by atoms with Gasteiger partial charge in [-0.05, 0) is 55.0 Å². The summed E-state index contributed by atoms with van der Waals surface area (Å²) in [6.45, 7) is 1.69. The maximum atomic E-state index is 10.7. The molecule has 1 saturated heterocycles. The van der Waals surface area contributed by atoms with Gasteiger partial charge in [-0.2, -0.15) is 0 Å². The summed E-state index contributed by atoms with van der Waals surface area (Å²) in [4.78, 5) is 2.46. The first kappa shape index (κ1) is 18.2. The Bertz CT molecular complexity index is 721. The van der Waals surface area contributed by atoms with Crippen LogP contribution in [0.3, 0.4) is 0 Å². The molecular formula is C21H26ClNO2. The zero-order valence-corrected chi connectivity index (χ0v) is 15.2. The molecule has 2 aromatic rings. The van der Waals surface area contributed by atoms with E-state index in [4.69, 9.17) is 0 Å². The highest BCUT2D eigenvalue weighted by atomic mass is 35.5. The lowest BCUT2D eigenvalue weighted by Gasteiger charge is -2.42. The molecule has 1 aliphatic carbocycles. The molecule has 3 nitrogen and oxygen atoms in total. The number of fused-ring (bicyclic) bond motifs is 1. The number of β-amino-alcohol motifs (C(OH)–C–C–N with tert-alkyl or cyclic N) is 1. The first-order chi connectivity index (χ1) is 11.7. The van der Waals surface area contributed by atoms with Crippen LogP contribution in [0.25, 0.3) is 0 Å². The second-order valence-electron chi connectivity index (χ2n) is 7.18. The summed E-state index contributed by atoms with van der Waals surface area (Å²) in [5.74, 6) is 0.347. The molecule has 0 saturated carbocycles. The van der Waals surface area contributed by atoms with Crippen LogP contribution in [-0.4, -0.2) is 40.3 Å². The Labute approximate surface area is 155 Å². The smallest absolute Gasteiger partial charge is 0.119 e. The van der Waals surface area contributed by atoms with Crippen molar-refractivity contribution in [3.8, 4) is 5.75 Å². The van der Waals surface area contributed by atoms with Gasteiger partial charge in [0.2, 0.25) is 0 Å². The standard InChI is InChI=1S/C21H25NO2.ClH/c23-20-8-4-3-7-18(20)19-11-12-22(14-21(19)24)17-10-9-15-5-1-2-6-16(15)13-17;/h1-8,17,19,21,23-24H,9-14H2;1H. The number of aryl methyl sites for hydroxylation is 1. The van der Waals surface area contributed by atoms with Crippen molar-refractivity contribution in [1.29, 1.82) is 0 Å². The van der Waals surface area contributed by atoms with Crippen LogP contribution in [-0.2, 0) is 12.8 Å². The zero-order chi connectivity index (χ0) is 16.5. The van der Waals surface area contributed by atoms with E-state index in [1.165, 1.54) is 17.5 Å². The number of phenols is 1. The Morgan fingerprint density at radius 2 is 1.64 bits per heavy atom. The average molecular weight is 360 g/mol. The van der Waals surface area contributed by atoms with Crippen LogP contribution in [0.15, 0.2) is 48.5 Å². The van der Waals surface area contributed by atoms with Crippen molar-refractivity contribution in [3.05, 3.63) is 65.2 Å². The molecular weight excluding hydrogens is 334 g/mol. The SMILES string of the molecule is Cl.Oc1ccccc1C1CCN(C2CCc3ccccc3C2)CC1O. The van der Waals surface area contributed by atoms with Gasteiger partial charge in [0, 0.05) is 18.5 Å². The quantitative estimate of drug-likeness (QED) is 0.862. The molecule has 0 aromatic heterocycles. The van der Waals surface area contributed by atoms with Crippen molar-refractivity contribution in [3.63, 3.8) is 0 Å². The second-order valence-corrected chi connectivity index (χ2v) is 7.18. The lowest BCUT2D eigenvalue weighted by molar-refractivity contribution is 0.0257. The predicted molar refractivity (Wildman–Crippen MR) is 103 cm³/mol. The number of hydrogen-bond donors (Lipinski definition) is 2. The number of aromatic hydroxyl groups is 1. The summed E-state index contributed by atoms with van der Waals surface area (Å²) in [5, 5.41) is 20.8. The Morgan fingerprint density at radius 1 is 0.920 bits per heavy atom. The molecule has 0 radical (unpaired) electrons. The number of benzene rings is 2. The van der Waals surface area contributed by atoms with E-state index in [0.29, 0.717) is 18.3 Å². The third-order valence-electron chi connectivity index (χ3n) is 5.79. The van der Waals surface area contributed by atoms with Gasteiger partial charge in [0.05, 0.1) is 6.10 Å². The van der Waals surface area contributed by atoms with Gasteiger partial charge < -0.3 is 10.2 Å². The first-order valence-electron chi connectivity index (χ1n) is 8.99. The predicted octanol–water partition coefficient (Wildman–Crippen LogP) is 3.52. The maximum absolute atomic E-state index is 10.7. The number of piperidine rings is 1. The molecule has 0 spiro atoms. The molecule has 3 unspecified atom stereocenters. The number of halogens is 1. The number of para-hydroxylation sites is 1. The van der Waals surface area contributed by atoms with E-state index in [1.54, 1.807) is 6.07 Å². The monoisotopic (exact) mass is 359 g/mol. The van der Waals surface area contributed by atoms with Crippen LogP contribution in [0.4, 0.5) is 0 Å². The fourth-order valence-electron chi connectivity index (χ4n) is 4.44. The van der Waals surface area contributed by atoms with Crippen molar-refractivity contribution < 1.29 is 10.2 Å². The molecule has 2 N–H and O–H groups in total. The molecule has 0 amide bonds. The van der Waals surface area contributed by atoms with Crippen LogP contribution < -0.4 is 0 Å². The third-order valence-corrected chi connectivity index (χ3v) is 5.79. The minimum Gasteiger partial charge on any atom is -0.508 e. The van der Waals surface area contributed by atoms with E-state index in [1.807, 2.05) is 18.2 Å². The van der Waals surface area contributed by atoms with E-state index < -0.39 is 6.10 Å². The van der Waals surface area contributed by atoms with Gasteiger partial charge in [0.25, 0.3) is 0 Å². The van der Waals surface area contributed by atoms with Crippen molar-refractivity contribution in [1.82, 2.24) is 4.90 Å². The maximum Gasteiger partial charge on any atom is 0.119 e. The van der Waals surface area contributed by atoms with E-state index >= 15 is 0 Å². The number of likely N-dealkylation sites (tertiary alicyclic amines) is 1. The minimum absolute atomic E-state index is 0. The van der Waals surface area contributed by atoms with Crippen LogP contribution in [0.1, 0.15) is 35.4 Å². The van der Waals surface area contributed by atoms with Crippen molar-refractivity contribution in [2.24, 2.45) is 0 Å². The number of phenolic OH excluding ortho intramolecular Hbond substituents is 1. The number of rotatable bonds is 2. The highest BCUT2D eigenvalue weighted by molar-refractivity contribution is 5.85. The van der Waals surface area contributed by atoms with Crippen molar-refractivity contribution >= 4 is 12.4 Å². The highest BCUT2D eigenvalue weighted by Crippen LogP contribution is 2.35. The fraction of sp³-hybridized carbons (Fsp3) is 0.429. The molecule has 3 atom stereocenters. The van der Waals surface area contributed by atoms with Crippen LogP contribution in [0.5, 0.6) is 5.75 Å². The van der Waals surface area contributed by atoms with E-state index in [2.05, 4.69) is 29.2 Å². The van der Waals surface area contributed by atoms with Gasteiger partial charge in [0.15, 0.2) is 0 Å². The van der Waals surface area contributed by atoms with Gasteiger partial charge in [-0.25, -0.2) is 0 Å². The molecule has 2 aliphatic rings. The van der Waals surface area contributed by atoms with Gasteiger partial charge in [-0.3, -0.25) is 4.90 Å². The summed E-state index contributed by atoms with van der Waals surface area (Å²) in [5.41, 5.74) is 3.84. The first-order valence-corrected chi connectivity index (χ1v) is 8.99. The van der Waals surface area contributed by atoms with Gasteiger partial charge >= 0.3 is 0 Å². The summed E-state index contributed by atoms with van der Waals surface area (Å²) < 4.78 is 0. The van der Waals surface area contributed by atoms with Gasteiger partial charge in [0.1, 0.15) is 5.75 Å². The van der Waals surface area contributed by atoms with Gasteiger partial charge in [-0.1, -0.05) is 42.5 Å². The molecule has 4 rings (SSSR count). The van der Waals surface area contributed by atoms with E-state index in [-0.39, 0.29) is 18.3 Å². The Kier molecular flexibility index (Phi) is 5.67. The molecule has 4 heteroatoms. The Hall–Kier alpha value is -1.55. The molecule has 134 valence electrons. The Morgan fingerprint density at radius 3 is 2.40 bits per heavy atom. The topological polar surface area (TPSA) is 43.7 Å². The number of aliphatic hydroxyl groups is 1.